The van der Waals surface area contributed by atoms with E-state index in [-0.39, 0.29) is 22.8 Å². The number of carbonyl (C=O) groups is 1. The fourth-order valence-electron chi connectivity index (χ4n) is 2.80. The molecule has 0 aliphatic carbocycles. The molecule has 1 unspecified atom stereocenters. The Hall–Kier alpha value is -2.85. The summed E-state index contributed by atoms with van der Waals surface area (Å²) >= 11 is 6.01. The normalized spacial score (nSPS) is 12.6. The topological polar surface area (TPSA) is 111 Å². The third-order valence-corrected chi connectivity index (χ3v) is 5.27. The molecule has 0 aliphatic rings. The van der Waals surface area contributed by atoms with Crippen molar-refractivity contribution in [3.63, 3.8) is 0 Å². The van der Waals surface area contributed by atoms with Crippen LogP contribution in [0.5, 0.6) is 0 Å². The number of halogens is 1. The first-order valence-electron chi connectivity index (χ1n) is 8.73. The van der Waals surface area contributed by atoms with Crippen LogP contribution in [0.15, 0.2) is 47.9 Å². The van der Waals surface area contributed by atoms with Crippen LogP contribution in [0.4, 0.5) is 0 Å². The molecule has 2 aromatic heterocycles. The predicted octanol–water partition coefficient (Wildman–Crippen LogP) is 2.34. The van der Waals surface area contributed by atoms with Crippen LogP contribution in [0.2, 0.25) is 5.02 Å². The number of hydrogen-bond donors (Lipinski definition) is 0. The highest BCUT2D eigenvalue weighted by Crippen LogP contribution is 2.24. The first-order chi connectivity index (χ1) is 13.7. The highest BCUT2D eigenvalue weighted by atomic mass is 35.5. The van der Waals surface area contributed by atoms with Crippen molar-refractivity contribution in [2.24, 2.45) is 0 Å². The molecule has 152 valence electrons. The SMILES string of the molecule is CCN(C(=O)c1cccc(Cl)c1)C(C)c1nc(S(C)(=O)=O)nn1-c1ncccn1. The van der Waals surface area contributed by atoms with Gasteiger partial charge in [-0.05, 0) is 38.1 Å². The fraction of sp³-hybridized carbons (Fsp3) is 0.278. The van der Waals surface area contributed by atoms with Gasteiger partial charge in [0.2, 0.25) is 9.84 Å². The lowest BCUT2D eigenvalue weighted by Gasteiger charge is -2.27. The summed E-state index contributed by atoms with van der Waals surface area (Å²) in [6.45, 7) is 3.90. The minimum atomic E-state index is -3.68. The van der Waals surface area contributed by atoms with E-state index in [0.29, 0.717) is 17.1 Å². The number of rotatable bonds is 6. The van der Waals surface area contributed by atoms with Crippen molar-refractivity contribution in [3.05, 3.63) is 59.1 Å². The second kappa shape index (κ2) is 8.26. The van der Waals surface area contributed by atoms with Gasteiger partial charge in [0, 0.05) is 35.8 Å². The second-order valence-corrected chi connectivity index (χ2v) is 8.61. The third kappa shape index (κ3) is 4.43. The maximum Gasteiger partial charge on any atom is 0.267 e. The first-order valence-corrected chi connectivity index (χ1v) is 11.0. The summed E-state index contributed by atoms with van der Waals surface area (Å²) in [6, 6.07) is 7.62. The van der Waals surface area contributed by atoms with Crippen molar-refractivity contribution >= 4 is 27.3 Å². The van der Waals surface area contributed by atoms with Gasteiger partial charge in [0.25, 0.3) is 17.0 Å². The Kier molecular flexibility index (Phi) is 5.94. The van der Waals surface area contributed by atoms with Gasteiger partial charge in [-0.15, -0.1) is 5.10 Å². The molecule has 3 aromatic rings. The zero-order valence-corrected chi connectivity index (χ0v) is 17.6. The Morgan fingerprint density at radius 1 is 1.24 bits per heavy atom. The van der Waals surface area contributed by atoms with Gasteiger partial charge in [-0.1, -0.05) is 17.7 Å². The summed E-state index contributed by atoms with van der Waals surface area (Å²) in [5.74, 6) is 0.115. The molecule has 0 spiro atoms. The number of hydrogen-bond acceptors (Lipinski definition) is 7. The van der Waals surface area contributed by atoms with Gasteiger partial charge in [0.15, 0.2) is 5.82 Å². The summed E-state index contributed by atoms with van der Waals surface area (Å²) in [7, 11) is -3.68. The van der Waals surface area contributed by atoms with Crippen LogP contribution in [0, 0.1) is 0 Å². The standard InChI is InChI=1S/C18H19ClN6O3S/c1-4-24(16(26)13-7-5-8-14(19)11-13)12(2)15-22-18(29(3,27)28)23-25(15)17-20-9-6-10-21-17/h5-12H,4H2,1-3H3. The van der Waals surface area contributed by atoms with E-state index in [1.807, 2.05) is 6.92 Å². The Balaban J connectivity index is 2.08. The number of carbonyl (C=O) groups excluding carboxylic acids is 1. The lowest BCUT2D eigenvalue weighted by atomic mass is 10.1. The van der Waals surface area contributed by atoms with Gasteiger partial charge in [-0.3, -0.25) is 4.79 Å². The van der Waals surface area contributed by atoms with Crippen molar-refractivity contribution < 1.29 is 13.2 Å². The van der Waals surface area contributed by atoms with Crippen LogP contribution in [-0.2, 0) is 9.84 Å². The zero-order chi connectivity index (χ0) is 21.2. The van der Waals surface area contributed by atoms with Gasteiger partial charge >= 0.3 is 0 Å². The largest absolute Gasteiger partial charge is 0.329 e. The van der Waals surface area contributed by atoms with Crippen molar-refractivity contribution in [1.29, 1.82) is 0 Å². The van der Waals surface area contributed by atoms with Crippen LogP contribution in [0.3, 0.4) is 0 Å². The van der Waals surface area contributed by atoms with Crippen LogP contribution in [-0.4, -0.2) is 56.8 Å². The molecule has 0 saturated heterocycles. The van der Waals surface area contributed by atoms with Gasteiger partial charge < -0.3 is 4.90 Å². The Morgan fingerprint density at radius 2 is 1.93 bits per heavy atom. The van der Waals surface area contributed by atoms with Gasteiger partial charge in [0.1, 0.15) is 0 Å². The van der Waals surface area contributed by atoms with E-state index in [4.69, 9.17) is 11.6 Å². The number of benzene rings is 1. The van der Waals surface area contributed by atoms with Crippen molar-refractivity contribution in [2.45, 2.75) is 25.0 Å². The molecule has 0 bridgehead atoms. The minimum Gasteiger partial charge on any atom is -0.329 e. The number of aromatic nitrogens is 5. The van der Waals surface area contributed by atoms with E-state index >= 15 is 0 Å². The Morgan fingerprint density at radius 3 is 2.52 bits per heavy atom. The predicted molar refractivity (Wildman–Crippen MR) is 107 cm³/mol. The van der Waals surface area contributed by atoms with E-state index in [1.54, 1.807) is 42.2 Å². The molecule has 1 amide bonds. The molecule has 0 aliphatic heterocycles. The van der Waals surface area contributed by atoms with Crippen LogP contribution in [0.25, 0.3) is 5.95 Å². The van der Waals surface area contributed by atoms with Crippen molar-refractivity contribution in [1.82, 2.24) is 29.6 Å². The first kappa shape index (κ1) is 20.9. The number of amides is 1. The monoisotopic (exact) mass is 434 g/mol. The molecule has 0 N–H and O–H groups in total. The summed E-state index contributed by atoms with van der Waals surface area (Å²) in [5.41, 5.74) is 0.413. The maximum absolute atomic E-state index is 13.1. The summed E-state index contributed by atoms with van der Waals surface area (Å²) in [4.78, 5) is 27.0. The summed E-state index contributed by atoms with van der Waals surface area (Å²) in [6.07, 6.45) is 4.03. The zero-order valence-electron chi connectivity index (χ0n) is 16.0. The van der Waals surface area contributed by atoms with Crippen molar-refractivity contribution in [2.75, 3.05) is 12.8 Å². The second-order valence-electron chi connectivity index (χ2n) is 6.26. The van der Waals surface area contributed by atoms with Crippen LogP contribution in [0.1, 0.15) is 36.1 Å². The molecule has 29 heavy (non-hydrogen) atoms. The molecule has 0 fully saturated rings. The molecule has 11 heteroatoms. The average Bonchev–Trinajstić information content (AvgIpc) is 3.15. The molecular formula is C18H19ClN6O3S. The molecule has 1 atom stereocenters. The van der Waals surface area contributed by atoms with Gasteiger partial charge in [0.05, 0.1) is 6.04 Å². The van der Waals surface area contributed by atoms with Crippen LogP contribution >= 0.6 is 11.6 Å². The fourth-order valence-corrected chi connectivity index (χ4v) is 3.48. The summed E-state index contributed by atoms with van der Waals surface area (Å²) < 4.78 is 25.3. The van der Waals surface area contributed by atoms with E-state index in [1.165, 1.54) is 17.1 Å². The van der Waals surface area contributed by atoms with E-state index in [2.05, 4.69) is 20.1 Å². The molecule has 1 aromatic carbocycles. The molecule has 0 saturated carbocycles. The third-order valence-electron chi connectivity index (χ3n) is 4.20. The smallest absolute Gasteiger partial charge is 0.267 e. The van der Waals surface area contributed by atoms with Gasteiger partial charge in [-0.2, -0.15) is 9.67 Å². The average molecular weight is 435 g/mol. The molecule has 3 rings (SSSR count). The van der Waals surface area contributed by atoms with E-state index in [0.717, 1.165) is 6.26 Å². The quantitative estimate of drug-likeness (QED) is 0.585. The lowest BCUT2D eigenvalue weighted by molar-refractivity contribution is 0.0693. The molecular weight excluding hydrogens is 416 g/mol. The number of nitrogens with zero attached hydrogens (tertiary/aromatic N) is 6. The maximum atomic E-state index is 13.1. The Bertz CT molecular complexity index is 1130. The Labute approximate surface area is 173 Å². The summed E-state index contributed by atoms with van der Waals surface area (Å²) in [5, 5.41) is 4.15. The number of sulfone groups is 1. The molecule has 2 heterocycles. The van der Waals surface area contributed by atoms with Gasteiger partial charge in [-0.25, -0.2) is 18.4 Å². The minimum absolute atomic E-state index is 0.156. The van der Waals surface area contributed by atoms with Crippen molar-refractivity contribution in [3.8, 4) is 5.95 Å². The van der Waals surface area contributed by atoms with Crippen LogP contribution < -0.4 is 0 Å². The molecule has 9 nitrogen and oxygen atoms in total. The highest BCUT2D eigenvalue weighted by Gasteiger charge is 2.29. The van der Waals surface area contributed by atoms with E-state index < -0.39 is 15.9 Å². The molecule has 0 radical (unpaired) electrons. The highest BCUT2D eigenvalue weighted by molar-refractivity contribution is 7.90. The lowest BCUT2D eigenvalue weighted by Crippen LogP contribution is -2.35. The van der Waals surface area contributed by atoms with E-state index in [9.17, 15) is 13.2 Å².